The first-order valence-corrected chi connectivity index (χ1v) is 27.3. The molecule has 13 unspecified atom stereocenters. The lowest BCUT2D eigenvalue weighted by atomic mass is 9.94. The van der Waals surface area contributed by atoms with Gasteiger partial charge in [-0.3, -0.25) is 14.5 Å². The van der Waals surface area contributed by atoms with Crippen LogP contribution in [0.15, 0.2) is 97.1 Å². The number of nitrogens with zero attached hydrogens (tertiary/aromatic N) is 1. The predicted molar refractivity (Wildman–Crippen MR) is 274 cm³/mol. The van der Waals surface area contributed by atoms with Crippen LogP contribution in [0.2, 0.25) is 0 Å². The van der Waals surface area contributed by atoms with Crippen molar-refractivity contribution in [2.45, 2.75) is 203 Å². The molecule has 4 saturated heterocycles. The molecule has 406 valence electrons. The van der Waals surface area contributed by atoms with Crippen molar-refractivity contribution in [3.05, 3.63) is 125 Å². The third-order valence-electron chi connectivity index (χ3n) is 15.3. The third kappa shape index (κ3) is 14.3. The number of amides is 2. The number of phenolic OH excluding ortho intramolecular Hbond substituents is 3. The van der Waals surface area contributed by atoms with Crippen LogP contribution in [-0.4, -0.2) is 116 Å². The first kappa shape index (κ1) is 54.8. The second kappa shape index (κ2) is 25.9. The first-order chi connectivity index (χ1) is 36.4. The fourth-order valence-electron chi connectivity index (χ4n) is 11.4. The van der Waals surface area contributed by atoms with Crippen molar-refractivity contribution >= 4 is 11.8 Å². The number of ether oxygens (including phenoxy) is 8. The molecule has 4 aromatic rings. The molecule has 5 aliphatic heterocycles. The molecule has 0 aromatic heterocycles. The van der Waals surface area contributed by atoms with Crippen LogP contribution in [0.25, 0.3) is 0 Å². The van der Waals surface area contributed by atoms with Crippen molar-refractivity contribution in [1.29, 1.82) is 0 Å². The number of aliphatic hydroxyl groups excluding tert-OH is 2. The summed E-state index contributed by atoms with van der Waals surface area (Å²) in [7, 11) is 0. The molecule has 5 heterocycles. The molecule has 0 aliphatic carbocycles. The zero-order chi connectivity index (χ0) is 52.4. The highest BCUT2D eigenvalue weighted by atomic mass is 16.7. The molecule has 0 bridgehead atoms. The first-order valence-electron chi connectivity index (χ1n) is 27.3. The number of carbonyl (C=O) groups excluding carboxylic acids is 2. The number of hydrogen-bond donors (Lipinski definition) is 5. The predicted octanol–water partition coefficient (Wildman–Crippen LogP) is 9.96. The van der Waals surface area contributed by atoms with Crippen molar-refractivity contribution in [2.24, 2.45) is 0 Å². The van der Waals surface area contributed by atoms with E-state index in [0.29, 0.717) is 105 Å². The van der Waals surface area contributed by atoms with Gasteiger partial charge in [-0.2, -0.15) is 0 Å². The van der Waals surface area contributed by atoms with E-state index in [1.807, 2.05) is 31.2 Å². The molecule has 5 N–H and O–H groups in total. The van der Waals surface area contributed by atoms with Crippen LogP contribution in [0.1, 0.15) is 173 Å². The average Bonchev–Trinajstić information content (AvgIpc) is 3.63. The summed E-state index contributed by atoms with van der Waals surface area (Å²) < 4.78 is 50.7. The average molecular weight is 1040 g/mol. The summed E-state index contributed by atoms with van der Waals surface area (Å²) >= 11 is 0. The Balaban J connectivity index is 0.781. The summed E-state index contributed by atoms with van der Waals surface area (Å²) in [5.41, 5.74) is 2.41. The van der Waals surface area contributed by atoms with Gasteiger partial charge in [-0.15, -0.1) is 0 Å². The molecule has 0 radical (unpaired) electrons. The number of rotatable bonds is 22. The van der Waals surface area contributed by atoms with Crippen LogP contribution in [0.3, 0.4) is 0 Å². The van der Waals surface area contributed by atoms with E-state index in [-0.39, 0.29) is 66.5 Å². The van der Waals surface area contributed by atoms with Crippen LogP contribution in [0.4, 0.5) is 0 Å². The largest absolute Gasteiger partial charge is 0.507 e. The van der Waals surface area contributed by atoms with Gasteiger partial charge in [0, 0.05) is 36.0 Å². The lowest BCUT2D eigenvalue weighted by Gasteiger charge is -2.38. The molecule has 4 aromatic carbocycles. The standard InChI is InChI=1S/C59H75NO15/c1-3-39-32-41(72-58(71-39)49-24-7-10-27-52(49)64)20-14-19-40-34-45(70-54(69-40)35-60-55(66)46-21-4-5-22-47(46)56(60)67)31-38(62)16-13-18-43-33-42(73-59(74-43)50-25-8-11-28-53(50)65)17-12-15-37(61)30-44-29-36(2)68-57(75-44)48-23-6-9-26-51(48)63/h4-11,21-28,36-45,54,57-59,61-65H,3,12-20,29-35H2,1-2H3/t36-,37?,38?,39?,40?,41?,42?,43?,44?,45?,54?,57?,58?,59?/m0/s1. The number of aliphatic hydroxyl groups is 2. The Labute approximate surface area is 439 Å². The number of benzene rings is 4. The fraction of sp³-hybridized carbons (Fsp3) is 0.559. The van der Waals surface area contributed by atoms with Crippen molar-refractivity contribution < 1.29 is 73.0 Å². The second-order valence-electron chi connectivity index (χ2n) is 21.0. The monoisotopic (exact) mass is 1040 g/mol. The maximum Gasteiger partial charge on any atom is 0.261 e. The summed E-state index contributed by atoms with van der Waals surface area (Å²) in [5.74, 6) is -0.466. The number of imide groups is 1. The Bertz CT molecular complexity index is 2460. The third-order valence-corrected chi connectivity index (χ3v) is 15.3. The highest BCUT2D eigenvalue weighted by Gasteiger charge is 2.41. The molecule has 14 atom stereocenters. The van der Waals surface area contributed by atoms with Crippen LogP contribution >= 0.6 is 0 Å². The van der Waals surface area contributed by atoms with Crippen molar-refractivity contribution in [2.75, 3.05) is 6.54 Å². The Morgan fingerprint density at radius 3 is 1.35 bits per heavy atom. The van der Waals surface area contributed by atoms with Crippen molar-refractivity contribution in [1.82, 2.24) is 4.90 Å². The van der Waals surface area contributed by atoms with Gasteiger partial charge in [0.15, 0.2) is 25.2 Å². The summed E-state index contributed by atoms with van der Waals surface area (Å²) in [6.45, 7) is 3.97. The summed E-state index contributed by atoms with van der Waals surface area (Å²) in [5, 5.41) is 54.5. The minimum atomic E-state index is -0.890. The quantitative estimate of drug-likeness (QED) is 0.0464. The van der Waals surface area contributed by atoms with E-state index >= 15 is 0 Å². The minimum Gasteiger partial charge on any atom is -0.507 e. The summed E-state index contributed by atoms with van der Waals surface area (Å²) in [6, 6.07) is 27.8. The highest BCUT2D eigenvalue weighted by molar-refractivity contribution is 6.21. The topological polar surface area (TPSA) is 212 Å². The molecular formula is C59H75NO15. The van der Waals surface area contributed by atoms with Gasteiger partial charge in [-0.05, 0) is 121 Å². The second-order valence-corrected chi connectivity index (χ2v) is 21.0. The molecule has 75 heavy (non-hydrogen) atoms. The minimum absolute atomic E-state index is 0.0208. The van der Waals surface area contributed by atoms with Gasteiger partial charge in [0.1, 0.15) is 17.2 Å². The highest BCUT2D eigenvalue weighted by Crippen LogP contribution is 2.40. The molecule has 5 aliphatic rings. The molecule has 9 rings (SSSR count). The van der Waals surface area contributed by atoms with Gasteiger partial charge in [0.25, 0.3) is 11.8 Å². The molecule has 16 nitrogen and oxygen atoms in total. The molecule has 16 heteroatoms. The van der Waals surface area contributed by atoms with Crippen LogP contribution in [-0.2, 0) is 37.9 Å². The van der Waals surface area contributed by atoms with E-state index in [0.717, 1.165) is 25.7 Å². The van der Waals surface area contributed by atoms with E-state index in [1.54, 1.807) is 72.8 Å². The molecule has 0 spiro atoms. The van der Waals surface area contributed by atoms with Crippen LogP contribution in [0.5, 0.6) is 17.2 Å². The lowest BCUT2D eigenvalue weighted by Crippen LogP contribution is -2.47. The van der Waals surface area contributed by atoms with E-state index in [4.69, 9.17) is 37.9 Å². The molecule has 4 fully saturated rings. The van der Waals surface area contributed by atoms with E-state index in [2.05, 4.69) is 6.92 Å². The number of aromatic hydroxyl groups is 3. The molecule has 0 saturated carbocycles. The van der Waals surface area contributed by atoms with Gasteiger partial charge >= 0.3 is 0 Å². The number of hydrogen-bond acceptors (Lipinski definition) is 15. The van der Waals surface area contributed by atoms with E-state index < -0.39 is 55.3 Å². The summed E-state index contributed by atoms with van der Waals surface area (Å²) in [4.78, 5) is 28.0. The Morgan fingerprint density at radius 1 is 0.480 bits per heavy atom. The number of fused-ring (bicyclic) bond motifs is 1. The molecule has 2 amide bonds. The van der Waals surface area contributed by atoms with Gasteiger partial charge in [0.05, 0.1) is 78.7 Å². The lowest BCUT2D eigenvalue weighted by molar-refractivity contribution is -0.254. The fourth-order valence-corrected chi connectivity index (χ4v) is 11.4. The van der Waals surface area contributed by atoms with Gasteiger partial charge in [0.2, 0.25) is 0 Å². The number of para-hydroxylation sites is 3. The Kier molecular flexibility index (Phi) is 18.9. The maximum atomic E-state index is 13.4. The van der Waals surface area contributed by atoms with E-state index in [1.165, 1.54) is 4.90 Å². The van der Waals surface area contributed by atoms with E-state index in [9.17, 15) is 35.1 Å². The zero-order valence-corrected chi connectivity index (χ0v) is 43.1. The Morgan fingerprint density at radius 2 is 0.853 bits per heavy atom. The van der Waals surface area contributed by atoms with Gasteiger partial charge < -0.3 is 63.4 Å². The zero-order valence-electron chi connectivity index (χ0n) is 43.1. The van der Waals surface area contributed by atoms with Crippen LogP contribution < -0.4 is 0 Å². The Hall–Kier alpha value is -4.98. The van der Waals surface area contributed by atoms with Gasteiger partial charge in [-0.25, -0.2) is 0 Å². The summed E-state index contributed by atoms with van der Waals surface area (Å²) in [6.07, 6.45) is 3.89. The van der Waals surface area contributed by atoms with Crippen molar-refractivity contribution in [3.8, 4) is 17.2 Å². The maximum absolute atomic E-state index is 13.4. The smallest absolute Gasteiger partial charge is 0.261 e. The number of carbonyl (C=O) groups is 2. The van der Waals surface area contributed by atoms with Crippen LogP contribution in [0, 0.1) is 0 Å². The van der Waals surface area contributed by atoms with Crippen molar-refractivity contribution in [3.63, 3.8) is 0 Å². The normalized spacial score (nSPS) is 30.0. The van der Waals surface area contributed by atoms with Gasteiger partial charge in [-0.1, -0.05) is 73.7 Å². The number of phenols is 3. The SMILES string of the molecule is CCC1CC(CCCC2CC(CC(O)CCCC3CC(CCCC(O)CC4C[C@H](C)OC(c5ccccc5O)O4)OC(c4ccccc4O)O3)OC(CN3C(=O)c4ccccc4C3=O)O2)OC(c2ccccc2O)O1. The molecular weight excluding hydrogens is 963 g/mol.